The molecule has 1 aliphatic rings. The van der Waals surface area contributed by atoms with E-state index in [-0.39, 0.29) is 36.2 Å². The van der Waals surface area contributed by atoms with Crippen LogP contribution in [-0.4, -0.2) is 29.8 Å². The number of hydrogen-bond donors (Lipinski definition) is 3. The molecule has 1 aromatic rings. The first-order valence-corrected chi connectivity index (χ1v) is 7.24. The van der Waals surface area contributed by atoms with Gasteiger partial charge in [-0.15, -0.1) is 0 Å². The maximum atomic E-state index is 12.3. The average molecular weight is 303 g/mol. The monoisotopic (exact) mass is 303 g/mol. The Labute approximate surface area is 129 Å². The van der Waals surface area contributed by atoms with Crippen molar-refractivity contribution in [3.8, 4) is 0 Å². The zero-order valence-corrected chi connectivity index (χ0v) is 13.0. The zero-order valence-electron chi connectivity index (χ0n) is 13.0. The highest BCUT2D eigenvalue weighted by Gasteiger charge is 2.30. The number of benzene rings is 1. The number of hydrogen-bond acceptors (Lipinski definition) is 3. The quantitative estimate of drug-likeness (QED) is 0.782. The van der Waals surface area contributed by atoms with Crippen molar-refractivity contribution in [2.75, 3.05) is 11.9 Å². The number of rotatable bonds is 3. The van der Waals surface area contributed by atoms with E-state index in [1.54, 1.807) is 12.1 Å². The molecule has 118 valence electrons. The molecule has 22 heavy (non-hydrogen) atoms. The topological polar surface area (TPSA) is 87.3 Å². The molecule has 0 radical (unpaired) electrons. The standard InChI is InChI=1S/C16H21N3O3/c1-16(2,3)19-14(21)9-17-15(22)11-8-13(20)18-12-7-5-4-6-10(11)12/h4-7,11H,8-9H2,1-3H3,(H,17,22)(H,18,20)(H,19,21). The Balaban J connectivity index is 2.01. The molecular weight excluding hydrogens is 282 g/mol. The van der Waals surface area contributed by atoms with Gasteiger partial charge < -0.3 is 16.0 Å². The minimum Gasteiger partial charge on any atom is -0.350 e. The highest BCUT2D eigenvalue weighted by atomic mass is 16.2. The van der Waals surface area contributed by atoms with Crippen molar-refractivity contribution in [2.45, 2.75) is 38.6 Å². The van der Waals surface area contributed by atoms with Crippen LogP contribution in [0.1, 0.15) is 38.7 Å². The van der Waals surface area contributed by atoms with Gasteiger partial charge in [-0.3, -0.25) is 14.4 Å². The van der Waals surface area contributed by atoms with Crippen molar-refractivity contribution in [1.29, 1.82) is 0 Å². The van der Waals surface area contributed by atoms with Crippen LogP contribution in [0.5, 0.6) is 0 Å². The van der Waals surface area contributed by atoms with Crippen molar-refractivity contribution in [1.82, 2.24) is 10.6 Å². The Bertz CT molecular complexity index is 605. The van der Waals surface area contributed by atoms with Crippen LogP contribution in [-0.2, 0) is 14.4 Å². The number of para-hydroxylation sites is 1. The first-order valence-electron chi connectivity index (χ1n) is 7.24. The second-order valence-electron chi connectivity index (χ2n) is 6.41. The molecule has 6 nitrogen and oxygen atoms in total. The second kappa shape index (κ2) is 6.17. The molecule has 2 rings (SSSR count). The van der Waals surface area contributed by atoms with Gasteiger partial charge in [0, 0.05) is 17.6 Å². The molecule has 1 atom stereocenters. The Hall–Kier alpha value is -2.37. The van der Waals surface area contributed by atoms with Crippen LogP contribution in [0.3, 0.4) is 0 Å². The van der Waals surface area contributed by atoms with E-state index in [1.807, 2.05) is 32.9 Å². The average Bonchev–Trinajstić information content (AvgIpc) is 2.42. The second-order valence-corrected chi connectivity index (χ2v) is 6.41. The van der Waals surface area contributed by atoms with Crippen LogP contribution in [0.25, 0.3) is 0 Å². The lowest BCUT2D eigenvalue weighted by Gasteiger charge is -2.25. The summed E-state index contributed by atoms with van der Waals surface area (Å²) in [7, 11) is 0. The van der Waals surface area contributed by atoms with Gasteiger partial charge in [0.25, 0.3) is 0 Å². The Morgan fingerprint density at radius 3 is 2.64 bits per heavy atom. The molecule has 3 amide bonds. The van der Waals surface area contributed by atoms with Gasteiger partial charge in [0.15, 0.2) is 0 Å². The number of carbonyl (C=O) groups excluding carboxylic acids is 3. The van der Waals surface area contributed by atoms with Crippen LogP contribution in [0, 0.1) is 0 Å². The lowest BCUT2D eigenvalue weighted by molar-refractivity contribution is -0.129. The summed E-state index contributed by atoms with van der Waals surface area (Å²) in [4.78, 5) is 35.8. The molecular formula is C16H21N3O3. The molecule has 1 unspecified atom stereocenters. The van der Waals surface area contributed by atoms with Gasteiger partial charge in [0.2, 0.25) is 17.7 Å². The lowest BCUT2D eigenvalue weighted by Crippen LogP contribution is -2.47. The zero-order chi connectivity index (χ0) is 16.3. The highest BCUT2D eigenvalue weighted by Crippen LogP contribution is 2.31. The fourth-order valence-electron chi connectivity index (χ4n) is 2.40. The third-order valence-electron chi connectivity index (χ3n) is 3.25. The number of carbonyl (C=O) groups is 3. The van der Waals surface area contributed by atoms with E-state index in [0.717, 1.165) is 5.56 Å². The summed E-state index contributed by atoms with van der Waals surface area (Å²) in [6, 6.07) is 7.20. The van der Waals surface area contributed by atoms with Crippen molar-refractivity contribution >= 4 is 23.4 Å². The molecule has 0 bridgehead atoms. The predicted octanol–water partition coefficient (Wildman–Crippen LogP) is 1.14. The van der Waals surface area contributed by atoms with Gasteiger partial charge in [0.05, 0.1) is 12.5 Å². The molecule has 1 aliphatic heterocycles. The molecule has 3 N–H and O–H groups in total. The summed E-state index contributed by atoms with van der Waals surface area (Å²) in [6.07, 6.45) is 0.0870. The molecule has 0 saturated carbocycles. The smallest absolute Gasteiger partial charge is 0.239 e. The lowest BCUT2D eigenvalue weighted by atomic mass is 9.90. The number of fused-ring (bicyclic) bond motifs is 1. The number of nitrogens with one attached hydrogen (secondary N) is 3. The summed E-state index contributed by atoms with van der Waals surface area (Å²) in [6.45, 7) is 5.51. The van der Waals surface area contributed by atoms with Gasteiger partial charge in [-0.1, -0.05) is 18.2 Å². The van der Waals surface area contributed by atoms with E-state index in [1.165, 1.54) is 0 Å². The van der Waals surface area contributed by atoms with Crippen LogP contribution in [0.15, 0.2) is 24.3 Å². The van der Waals surface area contributed by atoms with E-state index < -0.39 is 5.92 Å². The third-order valence-corrected chi connectivity index (χ3v) is 3.25. The van der Waals surface area contributed by atoms with Crippen molar-refractivity contribution in [2.24, 2.45) is 0 Å². The van der Waals surface area contributed by atoms with Crippen molar-refractivity contribution < 1.29 is 14.4 Å². The van der Waals surface area contributed by atoms with Gasteiger partial charge in [0.1, 0.15) is 0 Å². The third kappa shape index (κ3) is 4.07. The van der Waals surface area contributed by atoms with E-state index in [4.69, 9.17) is 0 Å². The fourth-order valence-corrected chi connectivity index (χ4v) is 2.40. The minimum absolute atomic E-state index is 0.0870. The molecule has 6 heteroatoms. The molecule has 0 fully saturated rings. The SMILES string of the molecule is CC(C)(C)NC(=O)CNC(=O)C1CC(=O)Nc2ccccc21. The first kappa shape index (κ1) is 16.0. The fraction of sp³-hybridized carbons (Fsp3) is 0.438. The Morgan fingerprint density at radius 2 is 1.95 bits per heavy atom. The van der Waals surface area contributed by atoms with Crippen molar-refractivity contribution in [3.63, 3.8) is 0 Å². The summed E-state index contributed by atoms with van der Waals surface area (Å²) in [5, 5.41) is 8.12. The largest absolute Gasteiger partial charge is 0.350 e. The van der Waals surface area contributed by atoms with Gasteiger partial charge in [-0.25, -0.2) is 0 Å². The summed E-state index contributed by atoms with van der Waals surface area (Å²) in [5.41, 5.74) is 1.08. The maximum absolute atomic E-state index is 12.3. The molecule has 1 heterocycles. The van der Waals surface area contributed by atoms with E-state index >= 15 is 0 Å². The number of amides is 3. The van der Waals surface area contributed by atoms with E-state index in [2.05, 4.69) is 16.0 Å². The van der Waals surface area contributed by atoms with Gasteiger partial charge >= 0.3 is 0 Å². The Morgan fingerprint density at radius 1 is 1.27 bits per heavy atom. The first-order chi connectivity index (χ1) is 10.3. The van der Waals surface area contributed by atoms with Crippen LogP contribution in [0.2, 0.25) is 0 Å². The predicted molar refractivity (Wildman–Crippen MR) is 83.3 cm³/mol. The molecule has 0 aromatic heterocycles. The summed E-state index contributed by atoms with van der Waals surface area (Å²) < 4.78 is 0. The molecule has 1 aromatic carbocycles. The summed E-state index contributed by atoms with van der Waals surface area (Å²) >= 11 is 0. The van der Waals surface area contributed by atoms with Crippen LogP contribution in [0.4, 0.5) is 5.69 Å². The van der Waals surface area contributed by atoms with E-state index in [0.29, 0.717) is 5.69 Å². The maximum Gasteiger partial charge on any atom is 0.239 e. The van der Waals surface area contributed by atoms with Crippen molar-refractivity contribution in [3.05, 3.63) is 29.8 Å². The molecule has 0 aliphatic carbocycles. The molecule has 0 spiro atoms. The molecule has 0 saturated heterocycles. The van der Waals surface area contributed by atoms with Gasteiger partial charge in [-0.05, 0) is 32.4 Å². The van der Waals surface area contributed by atoms with Crippen LogP contribution >= 0.6 is 0 Å². The highest BCUT2D eigenvalue weighted by molar-refractivity contribution is 6.01. The van der Waals surface area contributed by atoms with Gasteiger partial charge in [-0.2, -0.15) is 0 Å². The van der Waals surface area contributed by atoms with Crippen LogP contribution < -0.4 is 16.0 Å². The minimum atomic E-state index is -0.563. The normalized spacial score (nSPS) is 17.2. The Kier molecular flexibility index (Phi) is 4.49. The van der Waals surface area contributed by atoms with E-state index in [9.17, 15) is 14.4 Å². The summed E-state index contributed by atoms with van der Waals surface area (Å²) in [5.74, 6) is -1.33. The number of anilines is 1.